The molecule has 0 unspecified atom stereocenters. The van der Waals surface area contributed by atoms with Crippen molar-refractivity contribution in [2.75, 3.05) is 29.1 Å². The van der Waals surface area contributed by atoms with Crippen LogP contribution in [0.25, 0.3) is 0 Å². The van der Waals surface area contributed by atoms with Crippen LogP contribution in [0.4, 0.5) is 31.0 Å². The molecule has 0 amide bonds. The normalized spacial score (nSPS) is 11.3. The second-order valence-electron chi connectivity index (χ2n) is 5.64. The fourth-order valence-electron chi connectivity index (χ4n) is 2.33. The van der Waals surface area contributed by atoms with Crippen LogP contribution < -0.4 is 20.5 Å². The zero-order valence-electron chi connectivity index (χ0n) is 15.1. The minimum atomic E-state index is -4.23. The third kappa shape index (κ3) is 4.72. The van der Waals surface area contributed by atoms with Gasteiger partial charge in [0.25, 0.3) is 10.0 Å². The first kappa shape index (κ1) is 21.2. The predicted molar refractivity (Wildman–Crippen MR) is 109 cm³/mol. The highest BCUT2D eigenvalue weighted by molar-refractivity contribution is 7.93. The van der Waals surface area contributed by atoms with Gasteiger partial charge in [-0.05, 0) is 6.07 Å². The van der Waals surface area contributed by atoms with E-state index in [1.54, 1.807) is 19.5 Å². The van der Waals surface area contributed by atoms with Crippen LogP contribution in [0.1, 0.15) is 0 Å². The van der Waals surface area contributed by atoms with Gasteiger partial charge in [-0.15, -0.1) is 11.3 Å². The standard InChI is InChI=1S/C16H15ClF2N6O2S2/c1-20-25(2)13-7-15(19)22-8-12(13)23-11-6-10(18)14(5-9(11)17)29(26,27)24-16-21-3-4-28-16/h3-8,20,23H,1-2H3,(H,21,24). The Balaban J connectivity index is 1.95. The largest absolute Gasteiger partial charge is 0.351 e. The molecule has 154 valence electrons. The second kappa shape index (κ2) is 8.45. The average Bonchev–Trinajstić information content (AvgIpc) is 3.17. The van der Waals surface area contributed by atoms with Gasteiger partial charge in [-0.3, -0.25) is 4.72 Å². The summed E-state index contributed by atoms with van der Waals surface area (Å²) >= 11 is 7.23. The number of hydrogen-bond acceptors (Lipinski definition) is 8. The predicted octanol–water partition coefficient (Wildman–Crippen LogP) is 3.58. The Kier molecular flexibility index (Phi) is 6.17. The van der Waals surface area contributed by atoms with Gasteiger partial charge in [0.05, 0.1) is 28.3 Å². The monoisotopic (exact) mass is 460 g/mol. The van der Waals surface area contributed by atoms with Crippen LogP contribution in [-0.4, -0.2) is 32.5 Å². The van der Waals surface area contributed by atoms with Gasteiger partial charge in [0.1, 0.15) is 10.7 Å². The number of sulfonamides is 1. The van der Waals surface area contributed by atoms with Crippen molar-refractivity contribution in [3.8, 4) is 0 Å². The van der Waals surface area contributed by atoms with E-state index in [0.717, 1.165) is 23.5 Å². The first-order valence-corrected chi connectivity index (χ1v) is 10.7. The van der Waals surface area contributed by atoms with Gasteiger partial charge in [0, 0.05) is 37.8 Å². The van der Waals surface area contributed by atoms with E-state index < -0.39 is 26.7 Å². The van der Waals surface area contributed by atoms with Gasteiger partial charge < -0.3 is 10.3 Å². The van der Waals surface area contributed by atoms with E-state index in [1.165, 1.54) is 23.5 Å². The summed E-state index contributed by atoms with van der Waals surface area (Å²) in [5, 5.41) is 5.96. The lowest BCUT2D eigenvalue weighted by molar-refractivity contribution is 0.570. The molecule has 0 fully saturated rings. The lowest BCUT2D eigenvalue weighted by Crippen LogP contribution is -2.31. The molecule has 3 rings (SSSR count). The molecule has 0 atom stereocenters. The number of hydrogen-bond donors (Lipinski definition) is 3. The van der Waals surface area contributed by atoms with E-state index in [9.17, 15) is 17.2 Å². The molecule has 29 heavy (non-hydrogen) atoms. The third-order valence-corrected chi connectivity index (χ3v) is 6.26. The number of aromatic nitrogens is 2. The van der Waals surface area contributed by atoms with Crippen molar-refractivity contribution in [1.82, 2.24) is 15.4 Å². The minimum absolute atomic E-state index is 0.0618. The molecule has 8 nitrogen and oxygen atoms in total. The van der Waals surface area contributed by atoms with Crippen LogP contribution in [-0.2, 0) is 10.0 Å². The fraction of sp³-hybridized carbons (Fsp3) is 0.125. The molecule has 1 aromatic carbocycles. The summed E-state index contributed by atoms with van der Waals surface area (Å²) in [7, 11) is -0.957. The van der Waals surface area contributed by atoms with E-state index in [0.29, 0.717) is 11.4 Å². The third-order valence-electron chi connectivity index (χ3n) is 3.78. The van der Waals surface area contributed by atoms with Crippen LogP contribution in [0.15, 0.2) is 40.9 Å². The molecule has 0 radical (unpaired) electrons. The molecule has 2 heterocycles. The smallest absolute Gasteiger partial charge is 0.266 e. The molecular formula is C16H15ClF2N6O2S2. The molecule has 0 saturated heterocycles. The quantitative estimate of drug-likeness (QED) is 0.366. The van der Waals surface area contributed by atoms with Crippen LogP contribution in [0.3, 0.4) is 0 Å². The van der Waals surface area contributed by atoms with Gasteiger partial charge >= 0.3 is 0 Å². The minimum Gasteiger partial charge on any atom is -0.351 e. The average molecular weight is 461 g/mol. The van der Waals surface area contributed by atoms with Gasteiger partial charge in [-0.25, -0.2) is 28.2 Å². The molecule has 0 spiro atoms. The first-order valence-electron chi connectivity index (χ1n) is 7.96. The first-order chi connectivity index (χ1) is 13.7. The van der Waals surface area contributed by atoms with Gasteiger partial charge in [-0.2, -0.15) is 4.39 Å². The van der Waals surface area contributed by atoms with Crippen molar-refractivity contribution in [3.63, 3.8) is 0 Å². The summed E-state index contributed by atoms with van der Waals surface area (Å²) in [6, 6.07) is 3.08. The number of pyridine rings is 1. The van der Waals surface area contributed by atoms with E-state index in [4.69, 9.17) is 11.6 Å². The number of benzene rings is 1. The zero-order chi connectivity index (χ0) is 21.2. The van der Waals surface area contributed by atoms with E-state index in [-0.39, 0.29) is 15.8 Å². The van der Waals surface area contributed by atoms with Crippen molar-refractivity contribution in [3.05, 3.63) is 52.8 Å². The zero-order valence-corrected chi connectivity index (χ0v) is 17.5. The van der Waals surface area contributed by atoms with E-state index in [1.807, 2.05) is 0 Å². The van der Waals surface area contributed by atoms with Crippen molar-refractivity contribution in [2.45, 2.75) is 4.90 Å². The van der Waals surface area contributed by atoms with Crippen LogP contribution in [0.5, 0.6) is 0 Å². The van der Waals surface area contributed by atoms with Gasteiger partial charge in [0.2, 0.25) is 5.95 Å². The van der Waals surface area contributed by atoms with Crippen LogP contribution in [0.2, 0.25) is 5.02 Å². The van der Waals surface area contributed by atoms with Crippen molar-refractivity contribution < 1.29 is 17.2 Å². The number of thiazole rings is 1. The maximum Gasteiger partial charge on any atom is 0.266 e. The summed E-state index contributed by atoms with van der Waals surface area (Å²) in [5.74, 6) is -1.74. The molecule has 0 aliphatic rings. The van der Waals surface area contributed by atoms with Crippen molar-refractivity contribution in [2.24, 2.45) is 0 Å². The van der Waals surface area contributed by atoms with Crippen LogP contribution in [0, 0.1) is 11.8 Å². The molecule has 13 heteroatoms. The molecule has 0 saturated carbocycles. The lowest BCUT2D eigenvalue weighted by Gasteiger charge is -2.22. The highest BCUT2D eigenvalue weighted by Crippen LogP contribution is 2.34. The Labute approximate surface area is 174 Å². The summed E-state index contributed by atoms with van der Waals surface area (Å²) < 4.78 is 55.2. The Morgan fingerprint density at radius 2 is 1.93 bits per heavy atom. The topological polar surface area (TPSA) is 99.2 Å². The Hall–Kier alpha value is -2.54. The fourth-order valence-corrected chi connectivity index (χ4v) is 4.48. The highest BCUT2D eigenvalue weighted by atomic mass is 35.5. The lowest BCUT2D eigenvalue weighted by atomic mass is 10.2. The number of hydrazine groups is 1. The van der Waals surface area contributed by atoms with Gasteiger partial charge in [0.15, 0.2) is 5.13 Å². The molecule has 0 aliphatic carbocycles. The molecule has 3 aromatic rings. The summed E-state index contributed by atoms with van der Waals surface area (Å²) in [6.07, 6.45) is 2.62. The highest BCUT2D eigenvalue weighted by Gasteiger charge is 2.23. The van der Waals surface area contributed by atoms with Gasteiger partial charge in [-0.1, -0.05) is 11.6 Å². The molecular weight excluding hydrogens is 446 g/mol. The number of rotatable bonds is 7. The second-order valence-corrected chi connectivity index (χ2v) is 8.59. The number of nitrogens with zero attached hydrogens (tertiary/aromatic N) is 3. The summed E-state index contributed by atoms with van der Waals surface area (Å²) in [4.78, 5) is 6.75. The molecule has 0 aliphatic heterocycles. The van der Waals surface area contributed by atoms with Crippen LogP contribution >= 0.6 is 22.9 Å². The SMILES string of the molecule is CNN(C)c1cc(F)ncc1Nc1cc(F)c(S(=O)(=O)Nc2nccs2)cc1Cl. The number of anilines is 4. The Bertz CT molecular complexity index is 1130. The van der Waals surface area contributed by atoms with E-state index >= 15 is 0 Å². The molecule has 0 bridgehead atoms. The van der Waals surface area contributed by atoms with E-state index in [2.05, 4.69) is 25.4 Å². The summed E-state index contributed by atoms with van der Waals surface area (Å²) in [6.45, 7) is 0. The maximum absolute atomic E-state index is 14.6. The maximum atomic E-state index is 14.6. The number of halogens is 3. The number of nitrogens with one attached hydrogen (secondary N) is 3. The van der Waals surface area contributed by atoms with Crippen molar-refractivity contribution >= 4 is 55.2 Å². The molecule has 3 N–H and O–H groups in total. The molecule has 2 aromatic heterocycles. The van der Waals surface area contributed by atoms with Crippen molar-refractivity contribution in [1.29, 1.82) is 0 Å². The Morgan fingerprint density at radius 3 is 2.59 bits per heavy atom. The summed E-state index contributed by atoms with van der Waals surface area (Å²) in [5.41, 5.74) is 3.58. The Morgan fingerprint density at radius 1 is 1.17 bits per heavy atom.